The van der Waals surface area contributed by atoms with Crippen molar-refractivity contribution in [1.29, 1.82) is 0 Å². The summed E-state index contributed by atoms with van der Waals surface area (Å²) < 4.78 is 16.7. The second-order valence-electron chi connectivity index (χ2n) is 16.4. The van der Waals surface area contributed by atoms with E-state index in [9.17, 15) is 14.4 Å². The molecule has 0 spiro atoms. The molecule has 0 aliphatic heterocycles. The van der Waals surface area contributed by atoms with Gasteiger partial charge in [-0.1, -0.05) is 193 Å². The molecule has 0 aromatic carbocycles. The number of rotatable bonds is 44. The third-order valence-electron chi connectivity index (χ3n) is 10.7. The molecule has 0 aromatic rings. The van der Waals surface area contributed by atoms with Crippen molar-refractivity contribution in [2.24, 2.45) is 0 Å². The molecule has 0 aliphatic carbocycles. The summed E-state index contributed by atoms with van der Waals surface area (Å²) >= 11 is 0. The van der Waals surface area contributed by atoms with Gasteiger partial charge in [0, 0.05) is 19.3 Å². The van der Waals surface area contributed by atoms with E-state index < -0.39 is 6.10 Å². The highest BCUT2D eigenvalue weighted by atomic mass is 16.6. The summed E-state index contributed by atoms with van der Waals surface area (Å²) in [4.78, 5) is 37.8. The van der Waals surface area contributed by atoms with Crippen molar-refractivity contribution < 1.29 is 28.6 Å². The van der Waals surface area contributed by atoms with E-state index in [4.69, 9.17) is 14.2 Å². The molecule has 56 heavy (non-hydrogen) atoms. The molecule has 0 N–H and O–H groups in total. The predicted octanol–water partition coefficient (Wildman–Crippen LogP) is 15.6. The number of carbonyl (C=O) groups excluding carboxylic acids is 3. The van der Waals surface area contributed by atoms with Crippen LogP contribution in [0.3, 0.4) is 0 Å². The minimum atomic E-state index is -0.772. The minimum Gasteiger partial charge on any atom is -0.462 e. The van der Waals surface area contributed by atoms with E-state index in [1.54, 1.807) is 0 Å². The van der Waals surface area contributed by atoms with E-state index in [1.807, 2.05) is 0 Å². The van der Waals surface area contributed by atoms with Crippen LogP contribution in [-0.4, -0.2) is 37.2 Å². The van der Waals surface area contributed by atoms with E-state index in [1.165, 1.54) is 148 Å². The fourth-order valence-corrected chi connectivity index (χ4v) is 6.96. The third kappa shape index (κ3) is 43.0. The standard InChI is InChI=1S/C50H92O6/c1-4-7-10-13-16-19-22-25-26-29-31-34-37-40-43-49(52)55-46-47(56-50(53)44-41-38-35-32-28-24-21-18-15-12-9-6-3)45-54-48(51)42-39-36-33-30-27-23-20-17-14-11-8-5-2/h18,21-22,25,47H,4-17,19-20,23-24,26-46H2,1-3H3/b21-18-,25-22-. The maximum absolute atomic E-state index is 12.7. The van der Waals surface area contributed by atoms with Gasteiger partial charge in [-0.05, 0) is 70.6 Å². The molecule has 328 valence electrons. The van der Waals surface area contributed by atoms with Gasteiger partial charge >= 0.3 is 17.9 Å². The van der Waals surface area contributed by atoms with Crippen LogP contribution in [0.25, 0.3) is 0 Å². The number of allylic oxidation sites excluding steroid dienone is 4. The quantitative estimate of drug-likeness (QED) is 0.0265. The van der Waals surface area contributed by atoms with Crippen LogP contribution < -0.4 is 0 Å². The lowest BCUT2D eigenvalue weighted by atomic mass is 10.0. The van der Waals surface area contributed by atoms with E-state index in [2.05, 4.69) is 45.1 Å². The Bertz CT molecular complexity index is 911. The highest BCUT2D eigenvalue weighted by Gasteiger charge is 2.19. The third-order valence-corrected chi connectivity index (χ3v) is 10.7. The highest BCUT2D eigenvalue weighted by molar-refractivity contribution is 5.71. The number of hydrogen-bond donors (Lipinski definition) is 0. The molecule has 0 aliphatic rings. The molecule has 0 saturated heterocycles. The Hall–Kier alpha value is -2.11. The van der Waals surface area contributed by atoms with Gasteiger partial charge in [0.05, 0.1) is 0 Å². The van der Waals surface area contributed by atoms with Crippen LogP contribution in [0.1, 0.15) is 258 Å². The van der Waals surface area contributed by atoms with Crippen LogP contribution in [0, 0.1) is 0 Å². The van der Waals surface area contributed by atoms with Crippen molar-refractivity contribution in [1.82, 2.24) is 0 Å². The zero-order valence-electron chi connectivity index (χ0n) is 37.4. The Balaban J connectivity index is 4.37. The van der Waals surface area contributed by atoms with E-state index in [0.29, 0.717) is 19.3 Å². The van der Waals surface area contributed by atoms with Gasteiger partial charge in [0.2, 0.25) is 0 Å². The molecular weight excluding hydrogens is 697 g/mol. The monoisotopic (exact) mass is 789 g/mol. The molecule has 0 bridgehead atoms. The molecule has 0 amide bonds. The van der Waals surface area contributed by atoms with Crippen molar-refractivity contribution in [3.8, 4) is 0 Å². The van der Waals surface area contributed by atoms with Crippen LogP contribution in [0.5, 0.6) is 0 Å². The molecule has 0 radical (unpaired) electrons. The zero-order chi connectivity index (χ0) is 40.8. The summed E-state index contributed by atoms with van der Waals surface area (Å²) in [6.45, 7) is 6.60. The summed E-state index contributed by atoms with van der Waals surface area (Å²) in [5, 5.41) is 0. The lowest BCUT2D eigenvalue weighted by molar-refractivity contribution is -0.167. The number of unbranched alkanes of at least 4 members (excludes halogenated alkanes) is 29. The minimum absolute atomic E-state index is 0.0740. The first-order valence-electron chi connectivity index (χ1n) is 24.3. The fraction of sp³-hybridized carbons (Fsp3) is 0.860. The normalized spacial score (nSPS) is 12.1. The second-order valence-corrected chi connectivity index (χ2v) is 16.4. The largest absolute Gasteiger partial charge is 0.462 e. The van der Waals surface area contributed by atoms with Gasteiger partial charge in [0.1, 0.15) is 13.2 Å². The molecular formula is C50H92O6. The van der Waals surface area contributed by atoms with Crippen molar-refractivity contribution in [3.63, 3.8) is 0 Å². The highest BCUT2D eigenvalue weighted by Crippen LogP contribution is 2.15. The summed E-state index contributed by atoms with van der Waals surface area (Å²) in [5.41, 5.74) is 0. The molecule has 0 heterocycles. The molecule has 0 aromatic heterocycles. The summed E-state index contributed by atoms with van der Waals surface area (Å²) in [5.74, 6) is -0.885. The smallest absolute Gasteiger partial charge is 0.306 e. The number of carbonyl (C=O) groups is 3. The van der Waals surface area contributed by atoms with Gasteiger partial charge in [0.25, 0.3) is 0 Å². The Morgan fingerprint density at radius 1 is 0.339 bits per heavy atom. The first kappa shape index (κ1) is 53.9. The van der Waals surface area contributed by atoms with Crippen molar-refractivity contribution in [3.05, 3.63) is 24.3 Å². The maximum Gasteiger partial charge on any atom is 0.306 e. The maximum atomic E-state index is 12.7. The Morgan fingerprint density at radius 3 is 0.929 bits per heavy atom. The van der Waals surface area contributed by atoms with Gasteiger partial charge in [-0.3, -0.25) is 14.4 Å². The first-order valence-corrected chi connectivity index (χ1v) is 24.3. The van der Waals surface area contributed by atoms with Gasteiger partial charge in [-0.25, -0.2) is 0 Å². The van der Waals surface area contributed by atoms with Crippen LogP contribution >= 0.6 is 0 Å². The molecule has 6 nitrogen and oxygen atoms in total. The first-order chi connectivity index (χ1) is 27.5. The number of esters is 3. The van der Waals surface area contributed by atoms with Crippen molar-refractivity contribution >= 4 is 17.9 Å². The number of hydrogen-bond acceptors (Lipinski definition) is 6. The summed E-state index contributed by atoms with van der Waals surface area (Å²) in [6.07, 6.45) is 50.1. The summed E-state index contributed by atoms with van der Waals surface area (Å²) in [6, 6.07) is 0. The molecule has 0 saturated carbocycles. The van der Waals surface area contributed by atoms with Gasteiger partial charge in [0.15, 0.2) is 6.10 Å². The lowest BCUT2D eigenvalue weighted by Gasteiger charge is -2.18. The Morgan fingerprint density at radius 2 is 0.589 bits per heavy atom. The second kappa shape index (κ2) is 45.6. The van der Waals surface area contributed by atoms with Gasteiger partial charge in [-0.2, -0.15) is 0 Å². The zero-order valence-corrected chi connectivity index (χ0v) is 37.4. The SMILES string of the molecule is CCCCC/C=C\CCCCCCCC(=O)OC(COC(=O)CCCCCCC/C=C\CCCCCCC)COC(=O)CCCCCCCCCCCCCC. The molecule has 0 rings (SSSR count). The average Bonchev–Trinajstić information content (AvgIpc) is 3.19. The van der Waals surface area contributed by atoms with Gasteiger partial charge in [-0.15, -0.1) is 0 Å². The lowest BCUT2D eigenvalue weighted by Crippen LogP contribution is -2.30. The van der Waals surface area contributed by atoms with E-state index in [-0.39, 0.29) is 31.1 Å². The van der Waals surface area contributed by atoms with Crippen LogP contribution in [0.15, 0.2) is 24.3 Å². The van der Waals surface area contributed by atoms with Gasteiger partial charge < -0.3 is 14.2 Å². The predicted molar refractivity (Wildman–Crippen MR) is 238 cm³/mol. The molecule has 1 atom stereocenters. The van der Waals surface area contributed by atoms with Crippen molar-refractivity contribution in [2.45, 2.75) is 264 Å². The van der Waals surface area contributed by atoms with E-state index in [0.717, 1.165) is 70.6 Å². The molecule has 6 heteroatoms. The Kier molecular flexibility index (Phi) is 43.9. The van der Waals surface area contributed by atoms with Crippen molar-refractivity contribution in [2.75, 3.05) is 13.2 Å². The molecule has 1 unspecified atom stereocenters. The fourth-order valence-electron chi connectivity index (χ4n) is 6.96. The van der Waals surface area contributed by atoms with Crippen LogP contribution in [-0.2, 0) is 28.6 Å². The van der Waals surface area contributed by atoms with E-state index >= 15 is 0 Å². The topological polar surface area (TPSA) is 78.9 Å². The van der Waals surface area contributed by atoms with Crippen LogP contribution in [0.2, 0.25) is 0 Å². The number of ether oxygens (including phenoxy) is 3. The summed E-state index contributed by atoms with van der Waals surface area (Å²) in [7, 11) is 0. The average molecular weight is 789 g/mol. The molecule has 0 fully saturated rings. The Labute approximate surface area is 347 Å². The van der Waals surface area contributed by atoms with Crippen LogP contribution in [0.4, 0.5) is 0 Å².